The topological polar surface area (TPSA) is 62.4 Å². The minimum atomic E-state index is -0.278. The molecule has 6 heteroatoms. The van der Waals surface area contributed by atoms with Crippen LogP contribution < -0.4 is 16.0 Å². The standard InChI is InChI=1S/C21H32FN3O2/c22-17-11-9-16(10-12-17)20(19-8-4-15-27-19)25-21(26)24-14-5-13-23-18-6-2-1-3-7-18/h9-12,18-20,23H,1-8,13-15H2,(H2,24,25,26). The zero-order valence-electron chi connectivity index (χ0n) is 16.0. The van der Waals surface area contributed by atoms with Crippen LogP contribution in [0.5, 0.6) is 0 Å². The first-order valence-electron chi connectivity index (χ1n) is 10.4. The summed E-state index contributed by atoms with van der Waals surface area (Å²) in [7, 11) is 0. The Bertz CT molecular complexity index is 569. The smallest absolute Gasteiger partial charge is 0.315 e. The molecule has 0 aromatic heterocycles. The summed E-state index contributed by atoms with van der Waals surface area (Å²) >= 11 is 0. The molecule has 2 amide bonds. The molecule has 1 aliphatic heterocycles. The van der Waals surface area contributed by atoms with Crippen molar-refractivity contribution in [1.29, 1.82) is 0 Å². The Morgan fingerprint density at radius 1 is 1.07 bits per heavy atom. The number of carbonyl (C=O) groups excluding carboxylic acids is 1. The molecule has 27 heavy (non-hydrogen) atoms. The van der Waals surface area contributed by atoms with Gasteiger partial charge < -0.3 is 20.7 Å². The van der Waals surface area contributed by atoms with Gasteiger partial charge in [0.1, 0.15) is 5.82 Å². The van der Waals surface area contributed by atoms with Crippen molar-refractivity contribution in [2.45, 2.75) is 69.6 Å². The van der Waals surface area contributed by atoms with Crippen molar-refractivity contribution in [3.63, 3.8) is 0 Å². The number of benzene rings is 1. The Kier molecular flexibility index (Phi) is 7.90. The number of halogens is 1. The molecule has 5 nitrogen and oxygen atoms in total. The number of hydrogen-bond acceptors (Lipinski definition) is 3. The van der Waals surface area contributed by atoms with E-state index in [1.807, 2.05) is 0 Å². The molecule has 2 atom stereocenters. The summed E-state index contributed by atoms with van der Waals surface area (Å²) in [5.74, 6) is -0.278. The molecule has 0 spiro atoms. The van der Waals surface area contributed by atoms with E-state index in [9.17, 15) is 9.18 Å². The van der Waals surface area contributed by atoms with Crippen molar-refractivity contribution in [2.24, 2.45) is 0 Å². The molecule has 0 bridgehead atoms. The number of rotatable bonds is 8. The maximum Gasteiger partial charge on any atom is 0.315 e. The highest BCUT2D eigenvalue weighted by molar-refractivity contribution is 5.74. The summed E-state index contributed by atoms with van der Waals surface area (Å²) < 4.78 is 19.0. The number of carbonyl (C=O) groups is 1. The Balaban J connectivity index is 1.41. The highest BCUT2D eigenvalue weighted by atomic mass is 19.1. The quantitative estimate of drug-likeness (QED) is 0.606. The summed E-state index contributed by atoms with van der Waals surface area (Å²) in [6, 6.07) is 6.48. The van der Waals surface area contributed by atoms with Gasteiger partial charge in [0.25, 0.3) is 0 Å². The number of nitrogens with one attached hydrogen (secondary N) is 3. The molecule has 2 unspecified atom stereocenters. The van der Waals surface area contributed by atoms with Crippen LogP contribution in [0.15, 0.2) is 24.3 Å². The van der Waals surface area contributed by atoms with Gasteiger partial charge in [-0.1, -0.05) is 31.4 Å². The first-order valence-corrected chi connectivity index (χ1v) is 10.4. The largest absolute Gasteiger partial charge is 0.376 e. The number of ether oxygens (including phenoxy) is 1. The van der Waals surface area contributed by atoms with Crippen LogP contribution in [0.4, 0.5) is 9.18 Å². The van der Waals surface area contributed by atoms with Gasteiger partial charge in [-0.3, -0.25) is 0 Å². The highest BCUT2D eigenvalue weighted by Crippen LogP contribution is 2.27. The molecule has 2 fully saturated rings. The molecule has 1 aliphatic carbocycles. The van der Waals surface area contributed by atoms with Crippen molar-refractivity contribution in [3.8, 4) is 0 Å². The molecular weight excluding hydrogens is 345 g/mol. The van der Waals surface area contributed by atoms with Crippen molar-refractivity contribution in [2.75, 3.05) is 19.7 Å². The second-order valence-corrected chi connectivity index (χ2v) is 7.62. The van der Waals surface area contributed by atoms with Crippen LogP contribution in [0, 0.1) is 5.82 Å². The van der Waals surface area contributed by atoms with E-state index in [4.69, 9.17) is 4.74 Å². The third kappa shape index (κ3) is 6.47. The van der Waals surface area contributed by atoms with Gasteiger partial charge in [-0.2, -0.15) is 0 Å². The van der Waals surface area contributed by atoms with Crippen LogP contribution in [0.3, 0.4) is 0 Å². The molecular formula is C21H32FN3O2. The van der Waals surface area contributed by atoms with Crippen molar-refractivity contribution in [1.82, 2.24) is 16.0 Å². The number of amides is 2. The molecule has 3 rings (SSSR count). The normalized spacial score (nSPS) is 21.7. The van der Waals surface area contributed by atoms with E-state index in [0.29, 0.717) is 19.2 Å². The summed E-state index contributed by atoms with van der Waals surface area (Å²) in [5.41, 5.74) is 0.873. The van der Waals surface area contributed by atoms with Gasteiger partial charge in [0.15, 0.2) is 0 Å². The van der Waals surface area contributed by atoms with Gasteiger partial charge in [0.2, 0.25) is 0 Å². The lowest BCUT2D eigenvalue weighted by molar-refractivity contribution is 0.0807. The van der Waals surface area contributed by atoms with Gasteiger partial charge in [-0.25, -0.2) is 9.18 Å². The van der Waals surface area contributed by atoms with E-state index >= 15 is 0 Å². The van der Waals surface area contributed by atoms with Crippen LogP contribution in [-0.2, 0) is 4.74 Å². The fourth-order valence-electron chi connectivity index (χ4n) is 4.02. The van der Waals surface area contributed by atoms with E-state index in [-0.39, 0.29) is 24.0 Å². The number of urea groups is 1. The molecule has 0 radical (unpaired) electrons. The third-order valence-electron chi connectivity index (χ3n) is 5.53. The predicted molar refractivity (Wildman–Crippen MR) is 104 cm³/mol. The minimum absolute atomic E-state index is 0.0609. The average Bonchev–Trinajstić information content (AvgIpc) is 3.22. The Hall–Kier alpha value is -1.66. The molecule has 1 heterocycles. The monoisotopic (exact) mass is 377 g/mol. The Morgan fingerprint density at radius 3 is 2.56 bits per heavy atom. The first kappa shape index (κ1) is 20.1. The maximum atomic E-state index is 13.2. The molecule has 2 aliphatic rings. The highest BCUT2D eigenvalue weighted by Gasteiger charge is 2.28. The van der Waals surface area contributed by atoms with Gasteiger partial charge >= 0.3 is 6.03 Å². The summed E-state index contributed by atoms with van der Waals surface area (Å²) in [4.78, 5) is 12.3. The molecule has 1 saturated carbocycles. The fraction of sp³-hybridized carbons (Fsp3) is 0.667. The minimum Gasteiger partial charge on any atom is -0.376 e. The summed E-state index contributed by atoms with van der Waals surface area (Å²) in [6.07, 6.45) is 9.29. The molecule has 1 saturated heterocycles. The van der Waals surface area contributed by atoms with Crippen molar-refractivity contribution >= 4 is 6.03 Å². The van der Waals surface area contributed by atoms with Crippen molar-refractivity contribution < 1.29 is 13.9 Å². The molecule has 1 aromatic rings. The average molecular weight is 378 g/mol. The molecule has 3 N–H and O–H groups in total. The van der Waals surface area contributed by atoms with Gasteiger partial charge in [0.05, 0.1) is 12.1 Å². The Morgan fingerprint density at radius 2 is 1.85 bits per heavy atom. The van der Waals surface area contributed by atoms with Crippen LogP contribution in [-0.4, -0.2) is 37.9 Å². The van der Waals surface area contributed by atoms with Gasteiger partial charge in [-0.15, -0.1) is 0 Å². The van der Waals surface area contributed by atoms with Gasteiger partial charge in [-0.05, 0) is 56.3 Å². The lowest BCUT2D eigenvalue weighted by atomic mass is 9.95. The van der Waals surface area contributed by atoms with Crippen LogP contribution in [0.25, 0.3) is 0 Å². The summed E-state index contributed by atoms with van der Waals surface area (Å²) in [5, 5.41) is 9.54. The van der Waals surface area contributed by atoms with E-state index in [1.165, 1.54) is 44.2 Å². The lowest BCUT2D eigenvalue weighted by Crippen LogP contribution is -2.43. The van der Waals surface area contributed by atoms with E-state index in [0.717, 1.165) is 31.4 Å². The SMILES string of the molecule is O=C(NCCCNC1CCCCC1)NC(c1ccc(F)cc1)C1CCCO1. The van der Waals surface area contributed by atoms with Crippen molar-refractivity contribution in [3.05, 3.63) is 35.6 Å². The maximum absolute atomic E-state index is 13.2. The van der Waals surface area contributed by atoms with Crippen LogP contribution in [0.2, 0.25) is 0 Å². The zero-order valence-corrected chi connectivity index (χ0v) is 16.0. The first-order chi connectivity index (χ1) is 13.2. The van der Waals surface area contributed by atoms with E-state index < -0.39 is 0 Å². The van der Waals surface area contributed by atoms with Crippen LogP contribution in [0.1, 0.15) is 63.0 Å². The lowest BCUT2D eigenvalue weighted by Gasteiger charge is -2.25. The second kappa shape index (κ2) is 10.6. The Labute approximate surface area is 161 Å². The summed E-state index contributed by atoms with van der Waals surface area (Å²) in [6.45, 7) is 2.27. The third-order valence-corrected chi connectivity index (χ3v) is 5.53. The fourth-order valence-corrected chi connectivity index (χ4v) is 4.02. The zero-order chi connectivity index (χ0) is 18.9. The second-order valence-electron chi connectivity index (χ2n) is 7.62. The molecule has 150 valence electrons. The van der Waals surface area contributed by atoms with Crippen LogP contribution >= 0.6 is 0 Å². The van der Waals surface area contributed by atoms with E-state index in [1.54, 1.807) is 12.1 Å². The van der Waals surface area contributed by atoms with Gasteiger partial charge in [0, 0.05) is 19.2 Å². The van der Waals surface area contributed by atoms with E-state index in [2.05, 4.69) is 16.0 Å². The molecule has 1 aromatic carbocycles. The number of hydrogen-bond donors (Lipinski definition) is 3. The predicted octanol–water partition coefficient (Wildman–Crippen LogP) is 3.66.